The van der Waals surface area contributed by atoms with E-state index in [1.54, 1.807) is 30.3 Å². The molecule has 3 rings (SSSR count). The van der Waals surface area contributed by atoms with E-state index in [-0.39, 0.29) is 27.0 Å². The van der Waals surface area contributed by atoms with Gasteiger partial charge in [0, 0.05) is 17.7 Å². The molecule has 0 bridgehead atoms. The smallest absolute Gasteiger partial charge is 0.343 e. The molecule has 0 heterocycles. The Kier molecular flexibility index (Phi) is 6.96. The summed E-state index contributed by atoms with van der Waals surface area (Å²) in [5.74, 6) is -1.25. The van der Waals surface area contributed by atoms with Gasteiger partial charge in [0.1, 0.15) is 0 Å². The number of nitro benzene ring substituents is 1. The third-order valence-corrected chi connectivity index (χ3v) is 4.49. The van der Waals surface area contributed by atoms with Gasteiger partial charge in [0.15, 0.2) is 5.75 Å². The number of nitro groups is 1. The summed E-state index contributed by atoms with van der Waals surface area (Å²) in [5.41, 5.74) is 2.88. The highest BCUT2D eigenvalue weighted by Gasteiger charge is 2.15. The molecule has 0 radical (unpaired) electrons. The zero-order chi connectivity index (χ0) is 22.4. The van der Waals surface area contributed by atoms with Crippen LogP contribution in [0.1, 0.15) is 26.3 Å². The first-order chi connectivity index (χ1) is 14.8. The molecule has 3 aromatic rings. The number of hydrazone groups is 1. The molecule has 0 aliphatic carbocycles. The molecule has 0 aliphatic heterocycles. The van der Waals surface area contributed by atoms with Gasteiger partial charge in [-0.2, -0.15) is 5.10 Å². The van der Waals surface area contributed by atoms with E-state index in [4.69, 9.17) is 27.9 Å². The van der Waals surface area contributed by atoms with Crippen molar-refractivity contribution in [1.82, 2.24) is 5.43 Å². The predicted octanol–water partition coefficient (Wildman–Crippen LogP) is 4.88. The average molecular weight is 458 g/mol. The second-order valence-electron chi connectivity index (χ2n) is 6.08. The fourth-order valence-electron chi connectivity index (χ4n) is 2.47. The van der Waals surface area contributed by atoms with Crippen molar-refractivity contribution in [2.24, 2.45) is 5.10 Å². The van der Waals surface area contributed by atoms with E-state index in [2.05, 4.69) is 10.5 Å². The number of non-ortho nitro benzene ring substituents is 1. The minimum absolute atomic E-state index is 0.00466. The number of nitrogens with one attached hydrogen (secondary N) is 1. The van der Waals surface area contributed by atoms with Crippen molar-refractivity contribution in [2.75, 3.05) is 0 Å². The van der Waals surface area contributed by atoms with Crippen molar-refractivity contribution < 1.29 is 19.2 Å². The van der Waals surface area contributed by atoms with E-state index in [9.17, 15) is 19.7 Å². The van der Waals surface area contributed by atoms with Gasteiger partial charge < -0.3 is 4.74 Å². The van der Waals surface area contributed by atoms with Gasteiger partial charge in [-0.15, -0.1) is 0 Å². The van der Waals surface area contributed by atoms with Crippen LogP contribution >= 0.6 is 23.2 Å². The van der Waals surface area contributed by atoms with Gasteiger partial charge in [0.2, 0.25) is 0 Å². The molecule has 1 amide bonds. The van der Waals surface area contributed by atoms with Crippen molar-refractivity contribution >= 4 is 47.0 Å². The molecule has 156 valence electrons. The quantitative estimate of drug-likeness (QED) is 0.186. The van der Waals surface area contributed by atoms with Gasteiger partial charge in [-0.3, -0.25) is 14.9 Å². The number of ether oxygens (including phenoxy) is 1. The van der Waals surface area contributed by atoms with Crippen molar-refractivity contribution in [3.63, 3.8) is 0 Å². The van der Waals surface area contributed by atoms with Gasteiger partial charge in [-0.1, -0.05) is 47.5 Å². The lowest BCUT2D eigenvalue weighted by atomic mass is 10.2. The summed E-state index contributed by atoms with van der Waals surface area (Å²) in [6.07, 6.45) is 1.27. The number of nitrogens with zero attached hydrogens (tertiary/aromatic N) is 2. The Morgan fingerprint density at radius 2 is 1.61 bits per heavy atom. The van der Waals surface area contributed by atoms with Gasteiger partial charge >= 0.3 is 5.97 Å². The average Bonchev–Trinajstić information content (AvgIpc) is 2.76. The summed E-state index contributed by atoms with van der Waals surface area (Å²) in [6, 6.07) is 16.5. The van der Waals surface area contributed by atoms with Crippen molar-refractivity contribution in [2.45, 2.75) is 0 Å². The molecule has 0 atom stereocenters. The molecule has 31 heavy (non-hydrogen) atoms. The number of halogens is 2. The summed E-state index contributed by atoms with van der Waals surface area (Å²) >= 11 is 12.4. The molecule has 1 N–H and O–H groups in total. The molecule has 0 saturated carbocycles. The van der Waals surface area contributed by atoms with Crippen LogP contribution in [0.5, 0.6) is 5.75 Å². The highest BCUT2D eigenvalue weighted by atomic mass is 35.5. The number of rotatable bonds is 6. The summed E-state index contributed by atoms with van der Waals surface area (Å²) in [7, 11) is 0. The Morgan fingerprint density at radius 3 is 2.26 bits per heavy atom. The number of benzene rings is 3. The summed E-state index contributed by atoms with van der Waals surface area (Å²) in [5, 5.41) is 14.7. The summed E-state index contributed by atoms with van der Waals surface area (Å²) in [6.45, 7) is 0. The molecular formula is C21H13Cl2N3O5. The van der Waals surface area contributed by atoms with E-state index in [1.165, 1.54) is 36.5 Å². The minimum atomic E-state index is -0.634. The molecule has 0 aliphatic rings. The third-order valence-electron chi connectivity index (χ3n) is 3.92. The van der Waals surface area contributed by atoms with Crippen LogP contribution in [0.25, 0.3) is 0 Å². The molecule has 0 saturated heterocycles. The molecule has 3 aromatic carbocycles. The van der Waals surface area contributed by atoms with Crippen LogP contribution < -0.4 is 10.2 Å². The van der Waals surface area contributed by atoms with E-state index >= 15 is 0 Å². The zero-order valence-electron chi connectivity index (χ0n) is 15.6. The van der Waals surface area contributed by atoms with Crippen LogP contribution in [0, 0.1) is 10.1 Å². The van der Waals surface area contributed by atoms with E-state index in [0.717, 1.165) is 6.07 Å². The van der Waals surface area contributed by atoms with Crippen LogP contribution in [0.15, 0.2) is 71.8 Å². The van der Waals surface area contributed by atoms with Gasteiger partial charge in [-0.25, -0.2) is 10.2 Å². The molecule has 0 spiro atoms. The topological polar surface area (TPSA) is 111 Å². The molecular weight excluding hydrogens is 445 g/mol. The maximum absolute atomic E-state index is 12.2. The Hall–Kier alpha value is -3.75. The van der Waals surface area contributed by atoms with Gasteiger partial charge in [0.05, 0.1) is 26.7 Å². The molecule has 0 aromatic heterocycles. The van der Waals surface area contributed by atoms with Gasteiger partial charge in [-0.05, 0) is 35.9 Å². The zero-order valence-corrected chi connectivity index (χ0v) is 17.1. The van der Waals surface area contributed by atoms with Gasteiger partial charge in [0.25, 0.3) is 11.6 Å². The number of hydrogen-bond acceptors (Lipinski definition) is 6. The number of amides is 1. The SMILES string of the molecule is O=C(N/N=C\c1cc(Cl)c(OC(=O)c2ccccc2)c(Cl)c1)c1cccc([N+](=O)[O-])c1. The van der Waals surface area contributed by atoms with E-state index in [1.807, 2.05) is 0 Å². The largest absolute Gasteiger partial charge is 0.420 e. The maximum Gasteiger partial charge on any atom is 0.343 e. The Morgan fingerprint density at radius 1 is 0.968 bits per heavy atom. The van der Waals surface area contributed by atoms with Crippen LogP contribution in [0.2, 0.25) is 10.0 Å². The lowest BCUT2D eigenvalue weighted by Gasteiger charge is -2.09. The normalized spacial score (nSPS) is 10.6. The molecule has 10 heteroatoms. The fraction of sp³-hybridized carbons (Fsp3) is 0. The molecule has 0 unspecified atom stereocenters. The molecule has 8 nitrogen and oxygen atoms in total. The number of carbonyl (C=O) groups excluding carboxylic acids is 2. The second-order valence-corrected chi connectivity index (χ2v) is 6.89. The maximum atomic E-state index is 12.2. The number of carbonyl (C=O) groups is 2. The third kappa shape index (κ3) is 5.65. The lowest BCUT2D eigenvalue weighted by molar-refractivity contribution is -0.384. The molecule has 0 fully saturated rings. The monoisotopic (exact) mass is 457 g/mol. The first-order valence-electron chi connectivity index (χ1n) is 8.69. The minimum Gasteiger partial charge on any atom is -0.420 e. The fourth-order valence-corrected chi connectivity index (χ4v) is 3.05. The highest BCUT2D eigenvalue weighted by Crippen LogP contribution is 2.34. The second kappa shape index (κ2) is 9.84. The number of esters is 1. The van der Waals surface area contributed by atoms with Crippen LogP contribution in [-0.4, -0.2) is 23.0 Å². The van der Waals surface area contributed by atoms with Crippen molar-refractivity contribution in [1.29, 1.82) is 0 Å². The van der Waals surface area contributed by atoms with Crippen LogP contribution in [0.3, 0.4) is 0 Å². The Balaban J connectivity index is 1.69. The van der Waals surface area contributed by atoms with E-state index < -0.39 is 16.8 Å². The summed E-state index contributed by atoms with van der Waals surface area (Å²) < 4.78 is 5.28. The number of hydrogen-bond donors (Lipinski definition) is 1. The predicted molar refractivity (Wildman–Crippen MR) is 116 cm³/mol. The van der Waals surface area contributed by atoms with Crippen LogP contribution in [-0.2, 0) is 0 Å². The first-order valence-corrected chi connectivity index (χ1v) is 9.45. The summed E-state index contributed by atoms with van der Waals surface area (Å²) in [4.78, 5) is 34.5. The Bertz CT molecular complexity index is 1160. The first kappa shape index (κ1) is 21.9. The van der Waals surface area contributed by atoms with Crippen molar-refractivity contribution in [3.05, 3.63) is 104 Å². The van der Waals surface area contributed by atoms with E-state index in [0.29, 0.717) is 11.1 Å². The highest BCUT2D eigenvalue weighted by molar-refractivity contribution is 6.37. The lowest BCUT2D eigenvalue weighted by Crippen LogP contribution is -2.17. The van der Waals surface area contributed by atoms with Crippen LogP contribution in [0.4, 0.5) is 5.69 Å². The Labute approximate surface area is 186 Å². The standard InChI is InChI=1S/C21H13Cl2N3O5/c22-17-9-13(10-18(23)19(17)31-21(28)14-5-2-1-3-6-14)12-24-25-20(27)15-7-4-8-16(11-15)26(29)30/h1-12H,(H,25,27)/b24-12-. The van der Waals surface area contributed by atoms with Crippen molar-refractivity contribution in [3.8, 4) is 5.75 Å².